The molecule has 1 aromatic carbocycles. The molecule has 3 aromatic rings. The van der Waals surface area contributed by atoms with Crippen LogP contribution in [-0.2, 0) is 5.41 Å². The number of methoxy groups -OCH3 is 2. The molecule has 0 saturated carbocycles. The SMILES string of the molecule is COc1cc(OC)cc(N2CCC(CNc3ccc4nnc(C(C)(C)C)n4n3)C2)c1. The molecule has 4 rings (SSSR count). The summed E-state index contributed by atoms with van der Waals surface area (Å²) < 4.78 is 12.7. The first-order valence-electron chi connectivity index (χ1n) is 10.3. The van der Waals surface area contributed by atoms with Crippen molar-refractivity contribution in [3.63, 3.8) is 0 Å². The van der Waals surface area contributed by atoms with Crippen LogP contribution in [0.1, 0.15) is 33.0 Å². The Bertz CT molecular complexity index is 1000. The number of rotatable bonds is 6. The first kappa shape index (κ1) is 20.3. The van der Waals surface area contributed by atoms with E-state index in [2.05, 4.69) is 53.3 Å². The Morgan fingerprint density at radius 1 is 1.07 bits per heavy atom. The highest BCUT2D eigenvalue weighted by Gasteiger charge is 2.24. The monoisotopic (exact) mass is 410 g/mol. The van der Waals surface area contributed by atoms with E-state index >= 15 is 0 Å². The maximum absolute atomic E-state index is 5.41. The number of hydrogen-bond acceptors (Lipinski definition) is 7. The van der Waals surface area contributed by atoms with Crippen molar-refractivity contribution < 1.29 is 9.47 Å². The molecule has 8 nitrogen and oxygen atoms in total. The van der Waals surface area contributed by atoms with E-state index in [1.54, 1.807) is 14.2 Å². The molecule has 160 valence electrons. The Balaban J connectivity index is 1.42. The Hall–Kier alpha value is -3.03. The number of benzene rings is 1. The minimum absolute atomic E-state index is 0.116. The molecular weight excluding hydrogens is 380 g/mol. The summed E-state index contributed by atoms with van der Waals surface area (Å²) in [7, 11) is 3.36. The van der Waals surface area contributed by atoms with E-state index in [1.165, 1.54) is 0 Å². The molecule has 1 aliphatic rings. The van der Waals surface area contributed by atoms with Gasteiger partial charge in [0.1, 0.15) is 17.3 Å². The second kappa shape index (κ2) is 8.01. The molecule has 0 radical (unpaired) electrons. The van der Waals surface area contributed by atoms with Crippen LogP contribution in [0.25, 0.3) is 5.65 Å². The van der Waals surface area contributed by atoms with Crippen LogP contribution in [-0.4, -0.2) is 53.7 Å². The molecule has 3 heterocycles. The first-order chi connectivity index (χ1) is 14.4. The van der Waals surface area contributed by atoms with E-state index in [0.717, 1.165) is 60.5 Å². The normalized spacial score (nSPS) is 16.8. The van der Waals surface area contributed by atoms with Crippen LogP contribution in [0.15, 0.2) is 30.3 Å². The van der Waals surface area contributed by atoms with Gasteiger partial charge < -0.3 is 19.7 Å². The Labute approximate surface area is 177 Å². The smallest absolute Gasteiger partial charge is 0.178 e. The number of nitrogens with one attached hydrogen (secondary N) is 1. The molecule has 1 unspecified atom stereocenters. The van der Waals surface area contributed by atoms with E-state index < -0.39 is 0 Å². The number of fused-ring (bicyclic) bond motifs is 1. The van der Waals surface area contributed by atoms with Crippen LogP contribution in [0, 0.1) is 5.92 Å². The molecule has 2 aromatic heterocycles. The molecule has 1 aliphatic heterocycles. The summed E-state index contributed by atoms with van der Waals surface area (Å²) in [5.41, 5.74) is 1.78. The summed E-state index contributed by atoms with van der Waals surface area (Å²) in [6.07, 6.45) is 1.12. The zero-order valence-electron chi connectivity index (χ0n) is 18.3. The first-order valence-corrected chi connectivity index (χ1v) is 10.3. The lowest BCUT2D eigenvalue weighted by Gasteiger charge is -2.20. The van der Waals surface area contributed by atoms with Crippen LogP contribution < -0.4 is 19.7 Å². The lowest BCUT2D eigenvalue weighted by Crippen LogP contribution is -2.23. The van der Waals surface area contributed by atoms with Gasteiger partial charge in [0.05, 0.1) is 14.2 Å². The molecule has 1 saturated heterocycles. The maximum Gasteiger partial charge on any atom is 0.178 e. The number of nitrogens with zero attached hydrogens (tertiary/aromatic N) is 5. The van der Waals surface area contributed by atoms with Crippen LogP contribution >= 0.6 is 0 Å². The van der Waals surface area contributed by atoms with Gasteiger partial charge in [0.25, 0.3) is 0 Å². The topological polar surface area (TPSA) is 76.8 Å². The van der Waals surface area contributed by atoms with Gasteiger partial charge in [-0.05, 0) is 24.5 Å². The number of ether oxygens (including phenoxy) is 2. The average molecular weight is 411 g/mol. The van der Waals surface area contributed by atoms with Gasteiger partial charge in [-0.3, -0.25) is 0 Å². The fourth-order valence-electron chi connectivity index (χ4n) is 3.81. The van der Waals surface area contributed by atoms with Gasteiger partial charge in [0.2, 0.25) is 0 Å². The largest absolute Gasteiger partial charge is 0.497 e. The van der Waals surface area contributed by atoms with Crippen molar-refractivity contribution in [2.45, 2.75) is 32.6 Å². The minimum atomic E-state index is -0.116. The van der Waals surface area contributed by atoms with Crippen molar-refractivity contribution >= 4 is 17.2 Å². The van der Waals surface area contributed by atoms with Gasteiger partial charge in [-0.25, -0.2) is 0 Å². The molecule has 1 N–H and O–H groups in total. The van der Waals surface area contributed by atoms with Crippen molar-refractivity contribution in [2.24, 2.45) is 5.92 Å². The number of aromatic nitrogens is 4. The molecule has 0 aliphatic carbocycles. The molecule has 0 bridgehead atoms. The molecule has 0 spiro atoms. The minimum Gasteiger partial charge on any atom is -0.497 e. The fraction of sp³-hybridized carbons (Fsp3) is 0.500. The van der Waals surface area contributed by atoms with E-state index in [-0.39, 0.29) is 5.41 Å². The summed E-state index contributed by atoms with van der Waals surface area (Å²) in [5.74, 6) is 3.86. The fourth-order valence-corrected chi connectivity index (χ4v) is 3.81. The summed E-state index contributed by atoms with van der Waals surface area (Å²) >= 11 is 0. The Kier molecular flexibility index (Phi) is 5.40. The summed E-state index contributed by atoms with van der Waals surface area (Å²) in [6.45, 7) is 9.20. The molecule has 1 fully saturated rings. The Morgan fingerprint density at radius 2 is 1.80 bits per heavy atom. The molecule has 8 heteroatoms. The van der Waals surface area contributed by atoms with Gasteiger partial charge in [-0.2, -0.15) is 4.52 Å². The number of anilines is 2. The highest BCUT2D eigenvalue weighted by molar-refractivity contribution is 5.56. The molecule has 1 atom stereocenters. The van der Waals surface area contributed by atoms with Crippen molar-refractivity contribution in [3.05, 3.63) is 36.2 Å². The van der Waals surface area contributed by atoms with Crippen LogP contribution in [0.5, 0.6) is 11.5 Å². The molecule has 0 amide bonds. The van der Waals surface area contributed by atoms with Crippen molar-refractivity contribution in [1.29, 1.82) is 0 Å². The van der Waals surface area contributed by atoms with Gasteiger partial charge >= 0.3 is 0 Å². The second-order valence-electron chi connectivity index (χ2n) is 8.81. The summed E-state index contributed by atoms with van der Waals surface area (Å²) in [6, 6.07) is 9.95. The predicted octanol–water partition coefficient (Wildman–Crippen LogP) is 3.38. The van der Waals surface area contributed by atoms with E-state index in [0.29, 0.717) is 5.92 Å². The Morgan fingerprint density at radius 3 is 2.47 bits per heavy atom. The lowest BCUT2D eigenvalue weighted by molar-refractivity contribution is 0.394. The van der Waals surface area contributed by atoms with Crippen LogP contribution in [0.4, 0.5) is 11.5 Å². The average Bonchev–Trinajstić information content (AvgIpc) is 3.38. The summed E-state index contributed by atoms with van der Waals surface area (Å²) in [5, 5.41) is 16.8. The van der Waals surface area contributed by atoms with E-state index in [1.807, 2.05) is 22.7 Å². The van der Waals surface area contributed by atoms with Crippen molar-refractivity contribution in [3.8, 4) is 11.5 Å². The van der Waals surface area contributed by atoms with Gasteiger partial charge in [-0.1, -0.05) is 20.8 Å². The van der Waals surface area contributed by atoms with Gasteiger partial charge in [0.15, 0.2) is 11.5 Å². The zero-order chi connectivity index (χ0) is 21.3. The van der Waals surface area contributed by atoms with Crippen LogP contribution in [0.3, 0.4) is 0 Å². The highest BCUT2D eigenvalue weighted by Crippen LogP contribution is 2.31. The summed E-state index contributed by atoms with van der Waals surface area (Å²) in [4.78, 5) is 2.38. The van der Waals surface area contributed by atoms with Crippen molar-refractivity contribution in [1.82, 2.24) is 19.8 Å². The van der Waals surface area contributed by atoms with Gasteiger partial charge in [-0.15, -0.1) is 15.3 Å². The van der Waals surface area contributed by atoms with Crippen LogP contribution in [0.2, 0.25) is 0 Å². The highest BCUT2D eigenvalue weighted by atomic mass is 16.5. The maximum atomic E-state index is 5.41. The second-order valence-corrected chi connectivity index (χ2v) is 8.81. The predicted molar refractivity (Wildman–Crippen MR) is 118 cm³/mol. The quantitative estimate of drug-likeness (QED) is 0.667. The van der Waals surface area contributed by atoms with Crippen molar-refractivity contribution in [2.75, 3.05) is 44.1 Å². The molecule has 30 heavy (non-hydrogen) atoms. The third kappa shape index (κ3) is 4.13. The molecular formula is C22H30N6O2. The van der Waals surface area contributed by atoms with E-state index in [9.17, 15) is 0 Å². The zero-order valence-corrected chi connectivity index (χ0v) is 18.3. The van der Waals surface area contributed by atoms with E-state index in [4.69, 9.17) is 14.6 Å². The standard InChI is InChI=1S/C22H30N6O2/c1-22(2,3)21-25-24-20-7-6-19(26-28(20)21)23-13-15-8-9-27(14-15)16-10-17(29-4)12-18(11-16)30-5/h6-7,10-12,15H,8-9,13-14H2,1-5H3,(H,23,26). The third-order valence-electron chi connectivity index (χ3n) is 5.49. The van der Waals surface area contributed by atoms with Gasteiger partial charge in [0, 0.05) is 48.9 Å². The third-order valence-corrected chi connectivity index (χ3v) is 5.49. The number of hydrogen-bond donors (Lipinski definition) is 1. The lowest BCUT2D eigenvalue weighted by atomic mass is 9.96.